The number of hydrogen-bond donors (Lipinski definition) is 1. The second-order valence-corrected chi connectivity index (χ2v) is 5.84. The first-order valence-electron chi connectivity index (χ1n) is 6.59. The third kappa shape index (κ3) is 2.94. The van der Waals surface area contributed by atoms with Crippen LogP contribution in [0.5, 0.6) is 0 Å². The highest BCUT2D eigenvalue weighted by molar-refractivity contribution is 9.10. The molecule has 1 aromatic carbocycles. The van der Waals surface area contributed by atoms with Crippen molar-refractivity contribution in [2.24, 2.45) is 0 Å². The summed E-state index contributed by atoms with van der Waals surface area (Å²) in [5.74, 6) is -0.238. The molecule has 1 atom stereocenters. The SMILES string of the molecule is CNC(C)c1c(C)nn(Cc2ccc(F)cc2Br)c1C. The Morgan fingerprint density at radius 3 is 2.70 bits per heavy atom. The quantitative estimate of drug-likeness (QED) is 0.919. The van der Waals surface area contributed by atoms with E-state index in [4.69, 9.17) is 0 Å². The average Bonchev–Trinajstić information content (AvgIpc) is 2.67. The summed E-state index contributed by atoms with van der Waals surface area (Å²) >= 11 is 3.40. The Bertz CT molecular complexity index is 622. The highest BCUT2D eigenvalue weighted by atomic mass is 79.9. The van der Waals surface area contributed by atoms with Crippen molar-refractivity contribution >= 4 is 15.9 Å². The smallest absolute Gasteiger partial charge is 0.124 e. The molecule has 1 unspecified atom stereocenters. The fourth-order valence-electron chi connectivity index (χ4n) is 2.45. The zero-order chi connectivity index (χ0) is 14.9. The number of nitrogens with zero attached hydrogens (tertiary/aromatic N) is 2. The maximum atomic E-state index is 13.1. The predicted octanol–water partition coefficient (Wildman–Crippen LogP) is 3.73. The Balaban J connectivity index is 2.35. The van der Waals surface area contributed by atoms with Crippen molar-refractivity contribution in [3.05, 3.63) is 51.0 Å². The van der Waals surface area contributed by atoms with Gasteiger partial charge in [-0.05, 0) is 45.5 Å². The third-order valence-electron chi connectivity index (χ3n) is 3.64. The van der Waals surface area contributed by atoms with E-state index in [1.165, 1.54) is 17.7 Å². The number of nitrogens with one attached hydrogen (secondary N) is 1. The van der Waals surface area contributed by atoms with E-state index in [0.29, 0.717) is 6.54 Å². The molecule has 0 spiro atoms. The standard InChI is InChI=1S/C15H19BrFN3/c1-9(18-4)15-10(2)19-20(11(15)3)8-12-5-6-13(17)7-14(12)16/h5-7,9,18H,8H2,1-4H3. The Morgan fingerprint density at radius 2 is 2.10 bits per heavy atom. The first-order chi connectivity index (χ1) is 9.43. The molecule has 0 saturated carbocycles. The van der Waals surface area contributed by atoms with Gasteiger partial charge in [0.2, 0.25) is 0 Å². The summed E-state index contributed by atoms with van der Waals surface area (Å²) in [6.45, 7) is 6.84. The Kier molecular flexibility index (Phi) is 4.60. The molecule has 0 bridgehead atoms. The van der Waals surface area contributed by atoms with Gasteiger partial charge in [0, 0.05) is 21.8 Å². The molecule has 0 fully saturated rings. The molecule has 1 aromatic heterocycles. The molecule has 2 aromatic rings. The van der Waals surface area contributed by atoms with E-state index in [1.807, 2.05) is 18.7 Å². The van der Waals surface area contributed by atoms with E-state index < -0.39 is 0 Å². The van der Waals surface area contributed by atoms with Crippen LogP contribution in [-0.2, 0) is 6.54 Å². The number of aryl methyl sites for hydroxylation is 1. The van der Waals surface area contributed by atoms with Gasteiger partial charge in [0.15, 0.2) is 0 Å². The molecule has 2 rings (SSSR count). The number of halogens is 2. The van der Waals surface area contributed by atoms with Crippen molar-refractivity contribution in [3.8, 4) is 0 Å². The minimum absolute atomic E-state index is 0.238. The summed E-state index contributed by atoms with van der Waals surface area (Å²) in [4.78, 5) is 0. The van der Waals surface area contributed by atoms with Crippen LogP contribution in [-0.4, -0.2) is 16.8 Å². The molecule has 0 radical (unpaired) electrons. The average molecular weight is 340 g/mol. The van der Waals surface area contributed by atoms with E-state index in [9.17, 15) is 4.39 Å². The van der Waals surface area contributed by atoms with Gasteiger partial charge in [-0.25, -0.2) is 4.39 Å². The zero-order valence-corrected chi connectivity index (χ0v) is 13.8. The second kappa shape index (κ2) is 6.06. The van der Waals surface area contributed by atoms with E-state index in [2.05, 4.69) is 40.2 Å². The van der Waals surface area contributed by atoms with Crippen molar-refractivity contribution in [2.45, 2.75) is 33.4 Å². The predicted molar refractivity (Wildman–Crippen MR) is 82.4 cm³/mol. The molecule has 5 heteroatoms. The van der Waals surface area contributed by atoms with Crippen LogP contribution < -0.4 is 5.32 Å². The third-order valence-corrected chi connectivity index (χ3v) is 4.38. The maximum absolute atomic E-state index is 13.1. The normalized spacial score (nSPS) is 12.7. The van der Waals surface area contributed by atoms with Crippen molar-refractivity contribution in [3.63, 3.8) is 0 Å². The molecule has 1 N–H and O–H groups in total. The molecule has 1 heterocycles. The lowest BCUT2D eigenvalue weighted by molar-refractivity contribution is 0.618. The summed E-state index contributed by atoms with van der Waals surface area (Å²) in [6.07, 6.45) is 0. The van der Waals surface area contributed by atoms with Gasteiger partial charge in [-0.2, -0.15) is 5.10 Å². The van der Waals surface area contributed by atoms with Crippen LogP contribution in [0.4, 0.5) is 4.39 Å². The lowest BCUT2D eigenvalue weighted by atomic mass is 10.1. The van der Waals surface area contributed by atoms with E-state index >= 15 is 0 Å². The van der Waals surface area contributed by atoms with Gasteiger partial charge >= 0.3 is 0 Å². The monoisotopic (exact) mass is 339 g/mol. The Morgan fingerprint density at radius 1 is 1.40 bits per heavy atom. The summed E-state index contributed by atoms with van der Waals surface area (Å²) in [7, 11) is 1.94. The van der Waals surface area contributed by atoms with Crippen LogP contribution in [0.15, 0.2) is 22.7 Å². The van der Waals surface area contributed by atoms with Crippen LogP contribution in [0, 0.1) is 19.7 Å². The van der Waals surface area contributed by atoms with Crippen LogP contribution in [0.3, 0.4) is 0 Å². The number of benzene rings is 1. The molecule has 0 aliphatic heterocycles. The van der Waals surface area contributed by atoms with E-state index in [-0.39, 0.29) is 11.9 Å². The van der Waals surface area contributed by atoms with Crippen LogP contribution in [0.25, 0.3) is 0 Å². The highest BCUT2D eigenvalue weighted by Gasteiger charge is 2.16. The van der Waals surface area contributed by atoms with E-state index in [0.717, 1.165) is 21.4 Å². The largest absolute Gasteiger partial charge is 0.313 e. The summed E-state index contributed by atoms with van der Waals surface area (Å²) in [6, 6.07) is 5.01. The molecule has 0 saturated heterocycles. The Labute approximate surface area is 127 Å². The molecule has 108 valence electrons. The fourth-order valence-corrected chi connectivity index (χ4v) is 2.92. The summed E-state index contributed by atoms with van der Waals surface area (Å²) in [5.41, 5.74) is 4.41. The van der Waals surface area contributed by atoms with Crippen molar-refractivity contribution < 1.29 is 4.39 Å². The summed E-state index contributed by atoms with van der Waals surface area (Å²) < 4.78 is 15.9. The second-order valence-electron chi connectivity index (χ2n) is 4.99. The van der Waals surface area contributed by atoms with Crippen LogP contribution in [0.2, 0.25) is 0 Å². The van der Waals surface area contributed by atoms with Crippen molar-refractivity contribution in [1.29, 1.82) is 0 Å². The first kappa shape index (κ1) is 15.2. The van der Waals surface area contributed by atoms with Gasteiger partial charge in [0.25, 0.3) is 0 Å². The number of aromatic nitrogens is 2. The topological polar surface area (TPSA) is 29.9 Å². The molecule has 0 aliphatic rings. The molecule has 3 nitrogen and oxygen atoms in total. The lowest BCUT2D eigenvalue weighted by Gasteiger charge is -2.12. The van der Waals surface area contributed by atoms with Crippen LogP contribution >= 0.6 is 15.9 Å². The van der Waals surface area contributed by atoms with Gasteiger partial charge in [-0.1, -0.05) is 22.0 Å². The molecular weight excluding hydrogens is 321 g/mol. The molecular formula is C15H19BrFN3. The van der Waals surface area contributed by atoms with Gasteiger partial charge in [0.1, 0.15) is 5.82 Å². The minimum Gasteiger partial charge on any atom is -0.313 e. The summed E-state index contributed by atoms with van der Waals surface area (Å²) in [5, 5.41) is 7.85. The maximum Gasteiger partial charge on any atom is 0.124 e. The Hall–Kier alpha value is -1.20. The van der Waals surface area contributed by atoms with Gasteiger partial charge < -0.3 is 5.32 Å². The van der Waals surface area contributed by atoms with Crippen molar-refractivity contribution in [2.75, 3.05) is 7.05 Å². The first-order valence-corrected chi connectivity index (χ1v) is 7.38. The molecule has 0 amide bonds. The highest BCUT2D eigenvalue weighted by Crippen LogP contribution is 2.24. The molecule has 20 heavy (non-hydrogen) atoms. The van der Waals surface area contributed by atoms with Crippen molar-refractivity contribution in [1.82, 2.24) is 15.1 Å². The number of hydrogen-bond acceptors (Lipinski definition) is 2. The van der Waals surface area contributed by atoms with Crippen LogP contribution in [0.1, 0.15) is 35.5 Å². The van der Waals surface area contributed by atoms with E-state index in [1.54, 1.807) is 6.07 Å². The zero-order valence-electron chi connectivity index (χ0n) is 12.2. The fraction of sp³-hybridized carbons (Fsp3) is 0.400. The minimum atomic E-state index is -0.238. The van der Waals surface area contributed by atoms with Gasteiger partial charge in [0.05, 0.1) is 12.2 Å². The van der Waals surface area contributed by atoms with Gasteiger partial charge in [-0.15, -0.1) is 0 Å². The molecule has 0 aliphatic carbocycles. The number of rotatable bonds is 4. The van der Waals surface area contributed by atoms with Gasteiger partial charge in [-0.3, -0.25) is 4.68 Å². The lowest BCUT2D eigenvalue weighted by Crippen LogP contribution is -2.14.